The van der Waals surface area contributed by atoms with Crippen molar-refractivity contribution in [1.82, 2.24) is 0 Å². The SMILES string of the molecule is O.O[Si](O)(O)O.[AlH3].[Ca+2].[Fe].[H-].[H-].[Mn].[Zn]. The van der Waals surface area contributed by atoms with E-state index in [0.717, 1.165) is 0 Å². The van der Waals surface area contributed by atoms with Crippen LogP contribution in [-0.2, 0) is 53.6 Å². The molecule has 11 heteroatoms. The molecule has 0 rings (SSSR count). The van der Waals surface area contributed by atoms with Crippen molar-refractivity contribution in [1.29, 1.82) is 0 Å². The second kappa shape index (κ2) is 23.4. The summed E-state index contributed by atoms with van der Waals surface area (Å²) in [6.07, 6.45) is 0. The maximum atomic E-state index is 7.33. The average molecular weight is 362 g/mol. The van der Waals surface area contributed by atoms with Gasteiger partial charge in [0.1, 0.15) is 0 Å². The molecule has 0 saturated carbocycles. The van der Waals surface area contributed by atoms with Crippen molar-refractivity contribution >= 4 is 64.1 Å². The molecule has 0 saturated heterocycles. The Morgan fingerprint density at radius 2 is 1.00 bits per heavy atom. The van der Waals surface area contributed by atoms with Gasteiger partial charge in [0.2, 0.25) is 0 Å². The van der Waals surface area contributed by atoms with Crippen LogP contribution in [-0.4, -0.2) is 88.8 Å². The summed E-state index contributed by atoms with van der Waals surface area (Å²) >= 11 is 0. The van der Waals surface area contributed by atoms with Crippen LogP contribution in [0.5, 0.6) is 0 Å². The zero-order chi connectivity index (χ0) is 4.50. The zero-order valence-electron chi connectivity index (χ0n) is 6.93. The number of hydrogen-bond donors (Lipinski definition) is 4. The van der Waals surface area contributed by atoms with Crippen LogP contribution in [0, 0.1) is 0 Å². The summed E-state index contributed by atoms with van der Waals surface area (Å²) in [6, 6.07) is 0. The number of hydrogen-bond acceptors (Lipinski definition) is 4. The third-order valence-corrected chi connectivity index (χ3v) is 0. The molecule has 0 heterocycles. The van der Waals surface area contributed by atoms with Crippen LogP contribution in [0.1, 0.15) is 2.85 Å². The smallest absolute Gasteiger partial charge is 1.00 e. The van der Waals surface area contributed by atoms with Crippen LogP contribution < -0.4 is 0 Å². The fraction of sp³-hybridized carbons (Fsp3) is 0. The van der Waals surface area contributed by atoms with E-state index in [1.165, 1.54) is 0 Å². The van der Waals surface area contributed by atoms with Crippen LogP contribution in [0.15, 0.2) is 0 Å². The summed E-state index contributed by atoms with van der Waals surface area (Å²) in [7, 11) is -4.61. The molecule has 0 aliphatic rings. The summed E-state index contributed by atoms with van der Waals surface area (Å²) in [4.78, 5) is 29.3. The normalized spacial score (nSPS) is 5.45. The van der Waals surface area contributed by atoms with Crippen molar-refractivity contribution in [3.05, 3.63) is 0 Å². The Bertz CT molecular complexity index is 50.0. The van der Waals surface area contributed by atoms with Gasteiger partial charge >= 0.3 is 46.8 Å². The summed E-state index contributed by atoms with van der Waals surface area (Å²) in [5, 5.41) is 0. The molecule has 0 bridgehead atoms. The van der Waals surface area contributed by atoms with E-state index in [1.807, 2.05) is 0 Å². The first-order valence-electron chi connectivity index (χ1n) is 0.894. The standard InChI is InChI=1S/Al.Ca.Fe.Mn.H4O4Si.H2O.Zn.5H/c;;;;1-5(2,3)4;;;;;;;/h;;;;1-4H;1H2;;;;;;/q;+2;;;;;;;;;2*-1. The van der Waals surface area contributed by atoms with E-state index in [4.69, 9.17) is 19.2 Å². The maximum absolute atomic E-state index is 7.33. The molecule has 0 aliphatic carbocycles. The second-order valence-corrected chi connectivity index (χ2v) is 1.80. The monoisotopic (exact) mass is 361 g/mol. The van der Waals surface area contributed by atoms with Crippen molar-refractivity contribution in [3.63, 3.8) is 0 Å². The molecular weight excluding hydrogens is 351 g/mol. The van der Waals surface area contributed by atoms with Crippen molar-refractivity contribution in [2.45, 2.75) is 0 Å². The predicted octanol–water partition coefficient (Wildman–Crippen LogP) is -4.78. The summed E-state index contributed by atoms with van der Waals surface area (Å²) < 4.78 is 0. The summed E-state index contributed by atoms with van der Waals surface area (Å²) in [6.45, 7) is 0. The molecule has 0 aromatic heterocycles. The van der Waals surface area contributed by atoms with E-state index in [2.05, 4.69) is 0 Å². The van der Waals surface area contributed by atoms with Gasteiger partial charge in [-0.05, 0) is 0 Å². The molecule has 0 aromatic rings. The molecule has 0 fully saturated rings. The molecule has 6 N–H and O–H groups in total. The number of rotatable bonds is 0. The Hall–Kier alpha value is 3.47. The fourth-order valence-electron chi connectivity index (χ4n) is 0. The first kappa shape index (κ1) is 47.0. The molecule has 1 radical (unpaired) electrons. The van der Waals surface area contributed by atoms with E-state index in [-0.39, 0.29) is 117 Å². The van der Waals surface area contributed by atoms with E-state index < -0.39 is 9.05 Å². The van der Waals surface area contributed by atoms with E-state index in [0.29, 0.717) is 0 Å². The van der Waals surface area contributed by atoms with Crippen LogP contribution in [0.25, 0.3) is 0 Å². The fourth-order valence-corrected chi connectivity index (χ4v) is 0. The van der Waals surface area contributed by atoms with E-state index >= 15 is 0 Å². The largest absolute Gasteiger partial charge is 2.00 e. The molecule has 0 aromatic carbocycles. The Morgan fingerprint density at radius 1 is 1.00 bits per heavy atom. The quantitative estimate of drug-likeness (QED) is 0.324. The van der Waals surface area contributed by atoms with Gasteiger partial charge in [-0.2, -0.15) is 0 Å². The van der Waals surface area contributed by atoms with E-state index in [1.54, 1.807) is 0 Å². The molecule has 11 heavy (non-hydrogen) atoms. The topological polar surface area (TPSA) is 112 Å². The summed E-state index contributed by atoms with van der Waals surface area (Å²) in [5.41, 5.74) is 0. The van der Waals surface area contributed by atoms with Gasteiger partial charge < -0.3 is 27.5 Å². The zero-order valence-corrected chi connectivity index (χ0v) is 13.4. The van der Waals surface area contributed by atoms with Gasteiger partial charge in [0, 0.05) is 53.6 Å². The molecule has 67 valence electrons. The first-order chi connectivity index (χ1) is 2.00. The molecule has 0 unspecified atom stereocenters. The third kappa shape index (κ3) is 147. The minimum atomic E-state index is -4.61. The van der Waals surface area contributed by atoms with E-state index in [9.17, 15) is 0 Å². The Morgan fingerprint density at radius 3 is 1.00 bits per heavy atom. The van der Waals surface area contributed by atoms with Gasteiger partial charge in [-0.15, -0.1) is 0 Å². The Labute approximate surface area is 143 Å². The summed E-state index contributed by atoms with van der Waals surface area (Å²) in [5.74, 6) is 0. The van der Waals surface area contributed by atoms with Gasteiger partial charge in [-0.1, -0.05) is 0 Å². The molecule has 0 aliphatic heterocycles. The first-order valence-corrected chi connectivity index (χ1v) is 2.68. The van der Waals surface area contributed by atoms with Gasteiger partial charge in [0.05, 0.1) is 0 Å². The van der Waals surface area contributed by atoms with Crippen LogP contribution >= 0.6 is 0 Å². The van der Waals surface area contributed by atoms with Crippen LogP contribution in [0.2, 0.25) is 0 Å². The van der Waals surface area contributed by atoms with Gasteiger partial charge in [0.15, 0.2) is 17.4 Å². The molecule has 5 nitrogen and oxygen atoms in total. The molecule has 0 amide bonds. The van der Waals surface area contributed by atoms with Crippen molar-refractivity contribution in [3.8, 4) is 0 Å². The van der Waals surface area contributed by atoms with Gasteiger partial charge in [-0.3, -0.25) is 0 Å². The second-order valence-electron chi connectivity index (χ2n) is 0.600. The Kier molecular flexibility index (Phi) is 99.9. The minimum Gasteiger partial charge on any atom is -1.00 e. The predicted molar refractivity (Wildman–Crippen MR) is 36.2 cm³/mol. The third-order valence-electron chi connectivity index (χ3n) is 0. The van der Waals surface area contributed by atoms with Crippen molar-refractivity contribution < 1.29 is 81.1 Å². The van der Waals surface area contributed by atoms with Gasteiger partial charge in [0.25, 0.3) is 0 Å². The Balaban J connectivity index is -0.00000000286. The maximum Gasteiger partial charge on any atom is 2.00 e. The molecule has 0 spiro atoms. The molecule has 0 atom stereocenters. The van der Waals surface area contributed by atoms with Crippen LogP contribution in [0.4, 0.5) is 0 Å². The minimum absolute atomic E-state index is 0. The van der Waals surface area contributed by atoms with Crippen molar-refractivity contribution in [2.24, 2.45) is 0 Å². The van der Waals surface area contributed by atoms with Gasteiger partial charge in [-0.25, -0.2) is 0 Å². The van der Waals surface area contributed by atoms with Crippen LogP contribution in [0.3, 0.4) is 0 Å². The average Bonchev–Trinajstić information content (AvgIpc) is 0.722. The molecular formula is H11AlCaFeMnO5SiZn. The van der Waals surface area contributed by atoms with Crippen molar-refractivity contribution in [2.75, 3.05) is 0 Å².